The van der Waals surface area contributed by atoms with Gasteiger partial charge in [0, 0.05) is 27.6 Å². The summed E-state index contributed by atoms with van der Waals surface area (Å²) in [5.74, 6) is 0.0665. The Morgan fingerprint density at radius 2 is 1.90 bits per heavy atom. The van der Waals surface area contributed by atoms with Crippen LogP contribution in [0.1, 0.15) is 23.1 Å². The summed E-state index contributed by atoms with van der Waals surface area (Å²) >= 11 is 1.69. The lowest BCUT2D eigenvalue weighted by molar-refractivity contribution is -0.116. The van der Waals surface area contributed by atoms with Crippen molar-refractivity contribution in [2.75, 3.05) is 11.1 Å². The van der Waals surface area contributed by atoms with Crippen LogP contribution in [0.5, 0.6) is 0 Å². The highest BCUT2D eigenvalue weighted by Gasteiger charge is 2.17. The monoisotopic (exact) mass is 298 g/mol. The third-order valence-corrected chi connectivity index (χ3v) is 4.93. The Kier molecular flexibility index (Phi) is 3.64. The highest BCUT2D eigenvalue weighted by atomic mass is 32.2. The molecule has 0 aliphatic carbocycles. The molecule has 0 radical (unpaired) electrons. The number of fused-ring (bicyclic) bond motifs is 1. The number of carbonyl (C=O) groups excluding carboxylic acids is 1. The number of rotatable bonds is 2. The number of amides is 1. The van der Waals surface area contributed by atoms with Crippen LogP contribution in [-0.2, 0) is 11.2 Å². The third kappa shape index (κ3) is 2.90. The molecule has 1 heterocycles. The Balaban J connectivity index is 1.96. The molecule has 2 aromatic rings. The zero-order chi connectivity index (χ0) is 15.0. The van der Waals surface area contributed by atoms with Gasteiger partial charge in [0.2, 0.25) is 5.91 Å². The van der Waals surface area contributed by atoms with Gasteiger partial charge in [-0.15, -0.1) is 0 Å². The zero-order valence-electron chi connectivity index (χ0n) is 12.2. The van der Waals surface area contributed by atoms with Gasteiger partial charge in [0.15, 0.2) is 0 Å². The molecule has 3 N–H and O–H groups in total. The standard InChI is InChI=1S/C17H18N2OS/c1-10-3-4-11(2)15(7-10)21-16-8-12-5-6-17(20)19-14(12)9-13(16)18/h3-4,7-9H,5-6,18H2,1-2H3,(H,19,20). The first kappa shape index (κ1) is 14.0. The first-order valence-corrected chi connectivity index (χ1v) is 7.82. The summed E-state index contributed by atoms with van der Waals surface area (Å²) in [5, 5.41) is 2.88. The second-order valence-corrected chi connectivity index (χ2v) is 6.55. The van der Waals surface area contributed by atoms with Gasteiger partial charge in [-0.05, 0) is 55.2 Å². The average Bonchev–Trinajstić information content (AvgIpc) is 2.44. The third-order valence-electron chi connectivity index (χ3n) is 3.69. The van der Waals surface area contributed by atoms with E-state index in [1.165, 1.54) is 16.0 Å². The number of benzene rings is 2. The summed E-state index contributed by atoms with van der Waals surface area (Å²) in [5.41, 5.74) is 11.4. The first-order valence-electron chi connectivity index (χ1n) is 7.00. The lowest BCUT2D eigenvalue weighted by atomic mass is 10.0. The van der Waals surface area contributed by atoms with Gasteiger partial charge in [0.1, 0.15) is 0 Å². The van der Waals surface area contributed by atoms with Crippen LogP contribution in [-0.4, -0.2) is 5.91 Å². The number of anilines is 2. The second kappa shape index (κ2) is 5.45. The molecule has 21 heavy (non-hydrogen) atoms. The van der Waals surface area contributed by atoms with Crippen molar-refractivity contribution < 1.29 is 4.79 Å². The van der Waals surface area contributed by atoms with Gasteiger partial charge in [-0.3, -0.25) is 4.79 Å². The van der Waals surface area contributed by atoms with E-state index < -0.39 is 0 Å². The van der Waals surface area contributed by atoms with Gasteiger partial charge in [0.05, 0.1) is 0 Å². The summed E-state index contributed by atoms with van der Waals surface area (Å²) in [6.45, 7) is 4.20. The van der Waals surface area contributed by atoms with E-state index >= 15 is 0 Å². The molecule has 0 bridgehead atoms. The van der Waals surface area contributed by atoms with Crippen molar-refractivity contribution in [2.24, 2.45) is 0 Å². The van der Waals surface area contributed by atoms with Crippen LogP contribution in [0.3, 0.4) is 0 Å². The number of nitrogens with one attached hydrogen (secondary N) is 1. The quantitative estimate of drug-likeness (QED) is 0.826. The molecule has 0 unspecified atom stereocenters. The Hall–Kier alpha value is -1.94. The van der Waals surface area contributed by atoms with Crippen molar-refractivity contribution >= 4 is 29.0 Å². The Labute approximate surface area is 128 Å². The topological polar surface area (TPSA) is 55.1 Å². The normalized spacial score (nSPS) is 13.7. The Morgan fingerprint density at radius 1 is 1.10 bits per heavy atom. The largest absolute Gasteiger partial charge is 0.398 e. The summed E-state index contributed by atoms with van der Waals surface area (Å²) in [6, 6.07) is 10.4. The number of carbonyl (C=O) groups is 1. The fourth-order valence-corrected chi connectivity index (χ4v) is 3.54. The maximum Gasteiger partial charge on any atom is 0.224 e. The predicted molar refractivity (Wildman–Crippen MR) is 87.8 cm³/mol. The van der Waals surface area contributed by atoms with E-state index in [0.717, 1.165) is 22.6 Å². The van der Waals surface area contributed by atoms with Crippen LogP contribution < -0.4 is 11.1 Å². The van der Waals surface area contributed by atoms with Crippen molar-refractivity contribution in [1.82, 2.24) is 0 Å². The molecule has 3 rings (SSSR count). The molecule has 2 aromatic carbocycles. The molecule has 1 aliphatic heterocycles. The van der Waals surface area contributed by atoms with Gasteiger partial charge in [-0.25, -0.2) is 0 Å². The molecule has 0 saturated heterocycles. The summed E-state index contributed by atoms with van der Waals surface area (Å²) in [7, 11) is 0. The SMILES string of the molecule is Cc1ccc(C)c(Sc2cc3c(cc2N)NC(=O)CC3)c1. The maximum absolute atomic E-state index is 11.4. The van der Waals surface area contributed by atoms with Crippen LogP contribution in [0.4, 0.5) is 11.4 Å². The van der Waals surface area contributed by atoms with Crippen LogP contribution in [0, 0.1) is 13.8 Å². The molecule has 0 spiro atoms. The van der Waals surface area contributed by atoms with Crippen molar-refractivity contribution in [3.63, 3.8) is 0 Å². The minimum atomic E-state index is 0.0665. The second-order valence-electron chi connectivity index (χ2n) is 5.47. The van der Waals surface area contributed by atoms with Crippen molar-refractivity contribution in [1.29, 1.82) is 0 Å². The van der Waals surface area contributed by atoms with E-state index in [1.807, 2.05) is 6.07 Å². The Morgan fingerprint density at radius 3 is 2.71 bits per heavy atom. The van der Waals surface area contributed by atoms with Gasteiger partial charge >= 0.3 is 0 Å². The van der Waals surface area contributed by atoms with Crippen LogP contribution in [0.25, 0.3) is 0 Å². The predicted octanol–water partition coefficient (Wildman–Crippen LogP) is 3.92. The van der Waals surface area contributed by atoms with Gasteiger partial charge in [-0.1, -0.05) is 23.9 Å². The number of nitrogens with two attached hydrogens (primary N) is 1. The van der Waals surface area contributed by atoms with Gasteiger partial charge in [-0.2, -0.15) is 0 Å². The molecule has 108 valence electrons. The van der Waals surface area contributed by atoms with Crippen molar-refractivity contribution in [2.45, 2.75) is 36.5 Å². The molecule has 1 amide bonds. The van der Waals surface area contributed by atoms with E-state index in [9.17, 15) is 4.79 Å². The highest BCUT2D eigenvalue weighted by Crippen LogP contribution is 2.38. The van der Waals surface area contributed by atoms with Crippen LogP contribution in [0.15, 0.2) is 40.1 Å². The van der Waals surface area contributed by atoms with Gasteiger partial charge in [0.25, 0.3) is 0 Å². The fraction of sp³-hybridized carbons (Fsp3) is 0.235. The smallest absolute Gasteiger partial charge is 0.224 e. The lowest BCUT2D eigenvalue weighted by Gasteiger charge is -2.19. The molecule has 0 atom stereocenters. The summed E-state index contributed by atoms with van der Waals surface area (Å²) < 4.78 is 0. The molecular formula is C17H18N2OS. The van der Waals surface area contributed by atoms with E-state index in [0.29, 0.717) is 12.1 Å². The summed E-state index contributed by atoms with van der Waals surface area (Å²) in [4.78, 5) is 13.7. The van der Waals surface area contributed by atoms with Crippen molar-refractivity contribution in [3.05, 3.63) is 47.0 Å². The lowest BCUT2D eigenvalue weighted by Crippen LogP contribution is -2.19. The van der Waals surface area contributed by atoms with E-state index in [4.69, 9.17) is 5.73 Å². The fourth-order valence-electron chi connectivity index (χ4n) is 2.45. The molecule has 0 aromatic heterocycles. The van der Waals surface area contributed by atoms with Gasteiger partial charge < -0.3 is 11.1 Å². The number of hydrogen-bond donors (Lipinski definition) is 2. The molecule has 1 aliphatic rings. The Bertz CT molecular complexity index is 725. The van der Waals surface area contributed by atoms with Crippen LogP contribution >= 0.6 is 11.8 Å². The minimum absolute atomic E-state index is 0.0665. The first-order chi connectivity index (χ1) is 10.0. The number of nitrogen functional groups attached to an aromatic ring is 1. The number of hydrogen-bond acceptors (Lipinski definition) is 3. The molecule has 0 saturated carbocycles. The van der Waals surface area contributed by atoms with E-state index in [1.54, 1.807) is 11.8 Å². The minimum Gasteiger partial charge on any atom is -0.398 e. The maximum atomic E-state index is 11.4. The number of aryl methyl sites for hydroxylation is 3. The van der Waals surface area contributed by atoms with Crippen LogP contribution in [0.2, 0.25) is 0 Å². The molecule has 0 fully saturated rings. The summed E-state index contributed by atoms with van der Waals surface area (Å²) in [6.07, 6.45) is 1.33. The molecule has 4 heteroatoms. The van der Waals surface area contributed by atoms with Crippen molar-refractivity contribution in [3.8, 4) is 0 Å². The average molecular weight is 298 g/mol. The van der Waals surface area contributed by atoms with E-state index in [-0.39, 0.29) is 5.91 Å². The van der Waals surface area contributed by atoms with E-state index in [2.05, 4.69) is 43.4 Å². The zero-order valence-corrected chi connectivity index (χ0v) is 13.0. The highest BCUT2D eigenvalue weighted by molar-refractivity contribution is 7.99. The molecular weight excluding hydrogens is 280 g/mol. The molecule has 3 nitrogen and oxygen atoms in total.